The smallest absolute Gasteiger partial charge is 0.251 e. The van der Waals surface area contributed by atoms with Gasteiger partial charge in [0.1, 0.15) is 11.6 Å². The van der Waals surface area contributed by atoms with E-state index in [4.69, 9.17) is 20.0 Å². The second-order valence-corrected chi connectivity index (χ2v) is 23.7. The first-order valence-corrected chi connectivity index (χ1v) is 29.3. The summed E-state index contributed by atoms with van der Waals surface area (Å²) in [6, 6.07) is 55.2. The Morgan fingerprint density at radius 1 is 0.414 bits per heavy atom. The Balaban J connectivity index is 0.598. The summed E-state index contributed by atoms with van der Waals surface area (Å²) in [5.74, 6) is 0.860. The van der Waals surface area contributed by atoms with Crippen LogP contribution in [-0.2, 0) is 12.8 Å². The summed E-state index contributed by atoms with van der Waals surface area (Å²) < 4.78 is 0. The highest BCUT2D eigenvalue weighted by atomic mass is 16.2. The third-order valence-corrected chi connectivity index (χ3v) is 16.0. The Labute approximate surface area is 505 Å². The van der Waals surface area contributed by atoms with Crippen molar-refractivity contribution in [1.29, 1.82) is 0 Å². The molecule has 16 nitrogen and oxygen atoms in total. The molecule has 0 unspecified atom stereocenters. The van der Waals surface area contributed by atoms with E-state index >= 15 is 0 Å². The van der Waals surface area contributed by atoms with Crippen LogP contribution in [0.25, 0.3) is 67.1 Å². The predicted octanol–water partition coefficient (Wildman–Crippen LogP) is 11.2. The Morgan fingerprint density at radius 2 is 0.736 bits per heavy atom. The zero-order chi connectivity index (χ0) is 60.3. The number of benzene rings is 8. The molecule has 0 bridgehead atoms. The van der Waals surface area contributed by atoms with Crippen LogP contribution >= 0.6 is 0 Å². The van der Waals surface area contributed by atoms with Crippen LogP contribution in [0.4, 0.5) is 11.4 Å². The van der Waals surface area contributed by atoms with E-state index in [1.165, 1.54) is 0 Å². The minimum absolute atomic E-state index is 0.0822. The van der Waals surface area contributed by atoms with Gasteiger partial charge in [0, 0.05) is 85.5 Å². The van der Waals surface area contributed by atoms with Crippen LogP contribution in [0, 0.1) is 5.41 Å². The maximum absolute atomic E-state index is 13.4. The highest BCUT2D eigenvalue weighted by Crippen LogP contribution is 2.36. The van der Waals surface area contributed by atoms with Crippen molar-refractivity contribution in [2.75, 3.05) is 67.5 Å². The molecule has 16 heteroatoms. The van der Waals surface area contributed by atoms with E-state index in [2.05, 4.69) is 91.9 Å². The third-order valence-electron chi connectivity index (χ3n) is 16.0. The molecule has 0 atom stereocenters. The fourth-order valence-corrected chi connectivity index (χ4v) is 10.8. The first-order valence-electron chi connectivity index (χ1n) is 29.3. The molecule has 436 valence electrons. The minimum atomic E-state index is -0.439. The van der Waals surface area contributed by atoms with Gasteiger partial charge in [0.15, 0.2) is 0 Å². The molecular formula is C71H68N12O4. The molecule has 6 N–H and O–H groups in total. The fraction of sp³-hybridized carbons (Fsp3) is 0.211. The third kappa shape index (κ3) is 13.1. The molecular weight excluding hydrogens is 1080 g/mol. The first-order chi connectivity index (χ1) is 42.0. The Morgan fingerprint density at radius 3 is 1.10 bits per heavy atom. The number of amides is 4. The van der Waals surface area contributed by atoms with Gasteiger partial charge in [-0.3, -0.25) is 29.2 Å². The molecule has 0 spiro atoms. The summed E-state index contributed by atoms with van der Waals surface area (Å²) in [7, 11) is 7.91. The van der Waals surface area contributed by atoms with Crippen LogP contribution < -0.4 is 21.3 Å². The maximum atomic E-state index is 13.4. The second kappa shape index (κ2) is 24.4. The molecule has 2 aromatic heterocycles. The van der Waals surface area contributed by atoms with Gasteiger partial charge in [0.2, 0.25) is 0 Å². The number of carbonyl (C=O) groups is 4. The minimum Gasteiger partial charge on any atom is -0.351 e. The Hall–Kier alpha value is -10.2. The summed E-state index contributed by atoms with van der Waals surface area (Å²) >= 11 is 0. The van der Waals surface area contributed by atoms with Gasteiger partial charge < -0.3 is 41.0 Å². The molecule has 2 aliphatic rings. The summed E-state index contributed by atoms with van der Waals surface area (Å²) in [5, 5.41) is 12.1. The number of nitrogens with one attached hydrogen (secondary N) is 6. The molecule has 0 saturated heterocycles. The van der Waals surface area contributed by atoms with Gasteiger partial charge in [0.25, 0.3) is 23.6 Å². The number of hydrogen-bond acceptors (Lipinski definition) is 10. The quantitative estimate of drug-likeness (QED) is 0.0432. The van der Waals surface area contributed by atoms with Crippen LogP contribution in [0.5, 0.6) is 0 Å². The van der Waals surface area contributed by atoms with Crippen molar-refractivity contribution >= 4 is 68.5 Å². The average Bonchev–Trinajstić information content (AvgIpc) is 3.38. The van der Waals surface area contributed by atoms with Gasteiger partial charge in [-0.05, 0) is 175 Å². The average molecular weight is 1150 g/mol. The largest absolute Gasteiger partial charge is 0.351 e. The SMILES string of the molecule is CN(C)CCNC(=O)c1ccc(C2=Nc3ccc(-c4ccc5nc(-c6ccc(C(=O)NCC(C)(C)CNC(=O)c7ccc(C8=Nc9ccc(-c%10ccc%11nc(-c%12ccc(C(=O)NCCN(C)C)cc%12)[nH]c%11c%10)cc9C8)cc7)cc6)[nH]c5c4)cc3C2)cc1. The molecule has 4 heterocycles. The van der Waals surface area contributed by atoms with Gasteiger partial charge in [-0.2, -0.15) is 0 Å². The summed E-state index contributed by atoms with van der Waals surface area (Å²) in [6.07, 6.45) is 1.37. The van der Waals surface area contributed by atoms with E-state index < -0.39 is 5.41 Å². The summed E-state index contributed by atoms with van der Waals surface area (Å²) in [6.45, 7) is 7.44. The first kappa shape index (κ1) is 57.3. The van der Waals surface area contributed by atoms with E-state index in [1.54, 1.807) is 12.1 Å². The van der Waals surface area contributed by atoms with Crippen molar-refractivity contribution in [3.63, 3.8) is 0 Å². The van der Waals surface area contributed by atoms with E-state index in [0.29, 0.717) is 67.1 Å². The van der Waals surface area contributed by atoms with Crippen molar-refractivity contribution < 1.29 is 19.2 Å². The van der Waals surface area contributed by atoms with Crippen LogP contribution in [0.1, 0.15) is 77.5 Å². The zero-order valence-corrected chi connectivity index (χ0v) is 49.6. The van der Waals surface area contributed by atoms with Crippen molar-refractivity contribution in [1.82, 2.24) is 51.0 Å². The van der Waals surface area contributed by atoms with Crippen molar-refractivity contribution in [3.8, 4) is 45.0 Å². The normalized spacial score (nSPS) is 12.7. The lowest BCUT2D eigenvalue weighted by molar-refractivity contribution is 0.0914. The van der Waals surface area contributed by atoms with Crippen molar-refractivity contribution in [2.45, 2.75) is 26.7 Å². The van der Waals surface area contributed by atoms with Crippen LogP contribution in [0.2, 0.25) is 0 Å². The summed E-state index contributed by atoms with van der Waals surface area (Å²) in [4.78, 5) is 82.7. The maximum Gasteiger partial charge on any atom is 0.251 e. The molecule has 0 aliphatic carbocycles. The molecule has 0 radical (unpaired) electrons. The highest BCUT2D eigenvalue weighted by Gasteiger charge is 2.24. The number of carbonyl (C=O) groups excluding carboxylic acids is 4. The van der Waals surface area contributed by atoms with Crippen molar-refractivity contribution in [3.05, 3.63) is 214 Å². The topological polar surface area (TPSA) is 205 Å². The van der Waals surface area contributed by atoms with E-state index in [1.807, 2.05) is 149 Å². The number of aliphatic imine (C=N–C) groups is 2. The zero-order valence-electron chi connectivity index (χ0n) is 49.6. The predicted molar refractivity (Wildman–Crippen MR) is 347 cm³/mol. The molecule has 10 aromatic rings. The highest BCUT2D eigenvalue weighted by molar-refractivity contribution is 6.09. The van der Waals surface area contributed by atoms with Crippen LogP contribution in [0.3, 0.4) is 0 Å². The monoisotopic (exact) mass is 1150 g/mol. The second-order valence-electron chi connectivity index (χ2n) is 23.7. The van der Waals surface area contributed by atoms with Gasteiger partial charge in [-0.15, -0.1) is 0 Å². The fourth-order valence-electron chi connectivity index (χ4n) is 10.8. The number of likely N-dealkylation sites (N-methyl/N-ethyl adjacent to an activating group) is 2. The van der Waals surface area contributed by atoms with Crippen LogP contribution in [-0.4, -0.2) is 132 Å². The van der Waals surface area contributed by atoms with Crippen LogP contribution in [0.15, 0.2) is 180 Å². The molecule has 8 aromatic carbocycles. The van der Waals surface area contributed by atoms with Gasteiger partial charge in [-0.25, -0.2) is 9.97 Å². The van der Waals surface area contributed by atoms with E-state index in [9.17, 15) is 19.2 Å². The molecule has 12 rings (SSSR count). The number of fused-ring (bicyclic) bond motifs is 4. The van der Waals surface area contributed by atoms with Gasteiger partial charge in [-0.1, -0.05) is 86.6 Å². The molecule has 4 amide bonds. The standard InChI is InChI=1S/C71H68N12O4/c1-71(2,41-74-69(86)49-17-9-44(10-18-49)62-40-56-36-52(24-28-58(56)77-62)53-25-29-59-63(37-53)80-65(78-59)45-11-19-48(20-12-45)68(85)73-32-34-83(5)6)42-75-70(87)50-21-13-46(14-22-50)66-79-60-30-26-54(38-64(60)81-66)51-23-27-57-55(35-51)39-61(76-57)43-7-15-47(16-8-43)67(84)72-31-33-82(3)4/h7-30,35-38H,31-34,39-42H2,1-6H3,(H,72,84)(H,73,85)(H,74,86)(H,75,87)(H,78,80)(H,79,81). The van der Waals surface area contributed by atoms with Gasteiger partial charge in [0.05, 0.1) is 44.9 Å². The Bertz CT molecular complexity index is 4330. The molecule has 0 fully saturated rings. The number of rotatable bonds is 20. The lowest BCUT2D eigenvalue weighted by atomic mass is 9.93. The Kier molecular flexibility index (Phi) is 16.1. The number of H-pyrrole nitrogens is 2. The van der Waals surface area contributed by atoms with E-state index in [0.717, 1.165) is 119 Å². The molecule has 2 aliphatic heterocycles. The lowest BCUT2D eigenvalue weighted by Gasteiger charge is -2.25. The molecule has 87 heavy (non-hydrogen) atoms. The number of aromatic nitrogens is 4. The molecule has 0 saturated carbocycles. The number of hydrogen-bond donors (Lipinski definition) is 6. The van der Waals surface area contributed by atoms with E-state index in [-0.39, 0.29) is 23.6 Å². The van der Waals surface area contributed by atoms with Crippen molar-refractivity contribution in [2.24, 2.45) is 15.4 Å². The van der Waals surface area contributed by atoms with Gasteiger partial charge >= 0.3 is 0 Å². The lowest BCUT2D eigenvalue weighted by Crippen LogP contribution is -2.42. The number of nitrogens with zero attached hydrogens (tertiary/aromatic N) is 6. The summed E-state index contributed by atoms with van der Waals surface area (Å²) in [5.41, 5.74) is 19.4. The number of imidazole rings is 2. The number of aromatic amines is 2.